The van der Waals surface area contributed by atoms with Crippen molar-refractivity contribution in [3.63, 3.8) is 0 Å². The van der Waals surface area contributed by atoms with Gasteiger partial charge in [-0.05, 0) is 36.4 Å². The van der Waals surface area contributed by atoms with Gasteiger partial charge in [-0.25, -0.2) is 5.84 Å². The number of pyridine rings is 1. The lowest BCUT2D eigenvalue weighted by Gasteiger charge is -2.12. The Balaban J connectivity index is 1.88. The smallest absolute Gasteiger partial charge is 0.265 e. The fraction of sp³-hybridized carbons (Fsp3) is 0. The largest absolute Gasteiger partial charge is 0.438 e. The SMILES string of the molecule is N#Cc1c(N)cc(Nc2ccc(C(=O)NN)cc2)nc1Oc1ccccc1. The number of anilines is 3. The van der Waals surface area contributed by atoms with Gasteiger partial charge in [0.2, 0.25) is 5.88 Å². The van der Waals surface area contributed by atoms with E-state index in [2.05, 4.69) is 15.7 Å². The normalized spacial score (nSPS) is 9.93. The standard InChI is InChI=1S/C19H16N6O2/c20-11-15-16(21)10-17(24-19(15)27-14-4-2-1-3-5-14)23-13-8-6-12(7-9-13)18(26)25-22/h1-10H,22H2,(H,25,26)(H3,21,23,24). The van der Waals surface area contributed by atoms with E-state index in [1.54, 1.807) is 36.4 Å². The highest BCUT2D eigenvalue weighted by molar-refractivity contribution is 5.94. The first kappa shape index (κ1) is 17.7. The number of aromatic nitrogens is 1. The molecule has 0 saturated heterocycles. The zero-order valence-corrected chi connectivity index (χ0v) is 14.1. The van der Waals surface area contributed by atoms with Gasteiger partial charge in [-0.2, -0.15) is 10.2 Å². The maximum Gasteiger partial charge on any atom is 0.265 e. The Kier molecular flexibility index (Phi) is 5.16. The summed E-state index contributed by atoms with van der Waals surface area (Å²) in [7, 11) is 0. The van der Waals surface area contributed by atoms with E-state index in [9.17, 15) is 10.1 Å². The summed E-state index contributed by atoms with van der Waals surface area (Å²) in [5.41, 5.74) is 9.52. The fourth-order valence-corrected chi connectivity index (χ4v) is 2.33. The molecular weight excluding hydrogens is 344 g/mol. The van der Waals surface area contributed by atoms with E-state index in [0.717, 1.165) is 0 Å². The number of hydrogen-bond donors (Lipinski definition) is 4. The average Bonchev–Trinajstić information content (AvgIpc) is 2.69. The summed E-state index contributed by atoms with van der Waals surface area (Å²) in [6.45, 7) is 0. The number of benzene rings is 2. The second-order valence-electron chi connectivity index (χ2n) is 5.48. The number of carbonyl (C=O) groups is 1. The highest BCUT2D eigenvalue weighted by atomic mass is 16.5. The van der Waals surface area contributed by atoms with Gasteiger partial charge in [0.1, 0.15) is 23.2 Å². The monoisotopic (exact) mass is 360 g/mol. The minimum Gasteiger partial charge on any atom is -0.438 e. The van der Waals surface area contributed by atoms with E-state index >= 15 is 0 Å². The predicted molar refractivity (Wildman–Crippen MR) is 101 cm³/mol. The lowest BCUT2D eigenvalue weighted by atomic mass is 10.2. The summed E-state index contributed by atoms with van der Waals surface area (Å²) in [6.07, 6.45) is 0. The molecule has 27 heavy (non-hydrogen) atoms. The Morgan fingerprint density at radius 1 is 1.11 bits per heavy atom. The highest BCUT2D eigenvalue weighted by Crippen LogP contribution is 2.30. The first-order valence-corrected chi connectivity index (χ1v) is 7.92. The number of nitrogens with two attached hydrogens (primary N) is 2. The molecule has 0 radical (unpaired) electrons. The van der Waals surface area contributed by atoms with Crippen LogP contribution in [0.3, 0.4) is 0 Å². The Morgan fingerprint density at radius 3 is 2.44 bits per heavy atom. The van der Waals surface area contributed by atoms with E-state index in [-0.39, 0.29) is 23.0 Å². The second kappa shape index (κ2) is 7.86. The average molecular weight is 360 g/mol. The maximum absolute atomic E-state index is 11.5. The molecule has 0 spiro atoms. The van der Waals surface area contributed by atoms with Gasteiger partial charge in [0.25, 0.3) is 5.91 Å². The third kappa shape index (κ3) is 4.12. The number of hydrazine groups is 1. The first-order valence-electron chi connectivity index (χ1n) is 7.92. The summed E-state index contributed by atoms with van der Waals surface area (Å²) in [4.78, 5) is 15.8. The number of amides is 1. The summed E-state index contributed by atoms with van der Waals surface area (Å²) in [5, 5.41) is 12.4. The van der Waals surface area contributed by atoms with E-state index in [1.807, 2.05) is 24.3 Å². The molecule has 0 atom stereocenters. The first-order chi connectivity index (χ1) is 13.1. The zero-order chi connectivity index (χ0) is 19.2. The number of hydrogen-bond acceptors (Lipinski definition) is 7. The van der Waals surface area contributed by atoms with Crippen molar-refractivity contribution in [3.05, 3.63) is 71.8 Å². The van der Waals surface area contributed by atoms with Crippen molar-refractivity contribution in [2.75, 3.05) is 11.1 Å². The number of carbonyl (C=O) groups excluding carboxylic acids is 1. The molecule has 1 amide bonds. The molecule has 0 aliphatic rings. The molecule has 1 aromatic heterocycles. The van der Waals surface area contributed by atoms with Gasteiger partial charge in [-0.1, -0.05) is 18.2 Å². The molecule has 0 aliphatic heterocycles. The predicted octanol–water partition coefficient (Wildman–Crippen LogP) is 2.67. The van der Waals surface area contributed by atoms with E-state index in [0.29, 0.717) is 22.8 Å². The minimum atomic E-state index is -0.388. The number of rotatable bonds is 5. The van der Waals surface area contributed by atoms with Crippen molar-refractivity contribution in [2.45, 2.75) is 0 Å². The van der Waals surface area contributed by atoms with Gasteiger partial charge in [0.15, 0.2) is 0 Å². The molecule has 134 valence electrons. The van der Waals surface area contributed by atoms with Crippen molar-refractivity contribution in [1.82, 2.24) is 10.4 Å². The number of nitrogens with zero attached hydrogens (tertiary/aromatic N) is 2. The van der Waals surface area contributed by atoms with E-state index < -0.39 is 0 Å². The summed E-state index contributed by atoms with van der Waals surface area (Å²) < 4.78 is 5.70. The lowest BCUT2D eigenvalue weighted by molar-refractivity contribution is 0.0953. The summed E-state index contributed by atoms with van der Waals surface area (Å²) in [6, 6.07) is 19.1. The molecule has 0 saturated carbocycles. The number of nitrogen functional groups attached to an aromatic ring is 2. The maximum atomic E-state index is 11.5. The van der Waals surface area contributed by atoms with Crippen LogP contribution in [0.1, 0.15) is 15.9 Å². The van der Waals surface area contributed by atoms with Crippen LogP contribution in [0.5, 0.6) is 11.6 Å². The molecule has 0 bridgehead atoms. The molecular formula is C19H16N6O2. The van der Waals surface area contributed by atoms with Gasteiger partial charge in [0, 0.05) is 17.3 Å². The Labute approximate surface area is 155 Å². The van der Waals surface area contributed by atoms with Crippen LogP contribution in [-0.2, 0) is 0 Å². The van der Waals surface area contributed by atoms with Gasteiger partial charge < -0.3 is 15.8 Å². The fourth-order valence-electron chi connectivity index (χ4n) is 2.33. The number of para-hydroxylation sites is 1. The summed E-state index contributed by atoms with van der Waals surface area (Å²) in [5.74, 6) is 5.76. The number of nitrogens with one attached hydrogen (secondary N) is 2. The molecule has 3 rings (SSSR count). The van der Waals surface area contributed by atoms with Crippen molar-refractivity contribution < 1.29 is 9.53 Å². The zero-order valence-electron chi connectivity index (χ0n) is 14.1. The van der Waals surface area contributed by atoms with Crippen LogP contribution in [0, 0.1) is 11.3 Å². The van der Waals surface area contributed by atoms with Crippen LogP contribution < -0.4 is 27.1 Å². The molecule has 1 heterocycles. The Bertz CT molecular complexity index is 997. The molecule has 3 aromatic rings. The lowest BCUT2D eigenvalue weighted by Crippen LogP contribution is -2.29. The van der Waals surface area contributed by atoms with E-state index in [4.69, 9.17) is 16.3 Å². The van der Waals surface area contributed by atoms with Gasteiger partial charge >= 0.3 is 0 Å². The quantitative estimate of drug-likeness (QED) is 0.311. The molecule has 8 heteroatoms. The van der Waals surface area contributed by atoms with Crippen molar-refractivity contribution in [1.29, 1.82) is 5.26 Å². The van der Waals surface area contributed by atoms with Crippen LogP contribution in [-0.4, -0.2) is 10.9 Å². The third-order valence-electron chi connectivity index (χ3n) is 3.64. The van der Waals surface area contributed by atoms with Crippen LogP contribution in [0.4, 0.5) is 17.2 Å². The molecule has 8 nitrogen and oxygen atoms in total. The van der Waals surface area contributed by atoms with Gasteiger partial charge in [-0.15, -0.1) is 0 Å². The van der Waals surface area contributed by atoms with Gasteiger partial charge in [0.05, 0.1) is 5.69 Å². The van der Waals surface area contributed by atoms with Crippen molar-refractivity contribution in [3.8, 4) is 17.7 Å². The number of nitriles is 1. The van der Waals surface area contributed by atoms with Gasteiger partial charge in [-0.3, -0.25) is 10.2 Å². The molecule has 6 N–H and O–H groups in total. The van der Waals surface area contributed by atoms with Crippen LogP contribution >= 0.6 is 0 Å². The van der Waals surface area contributed by atoms with Crippen molar-refractivity contribution in [2.24, 2.45) is 5.84 Å². The Morgan fingerprint density at radius 2 is 1.81 bits per heavy atom. The third-order valence-corrected chi connectivity index (χ3v) is 3.64. The molecule has 0 aliphatic carbocycles. The minimum absolute atomic E-state index is 0.102. The highest BCUT2D eigenvalue weighted by Gasteiger charge is 2.13. The molecule has 0 unspecified atom stereocenters. The molecule has 0 fully saturated rings. The number of ether oxygens (including phenoxy) is 1. The Hall–Kier alpha value is -4.09. The van der Waals surface area contributed by atoms with Crippen LogP contribution in [0.2, 0.25) is 0 Å². The van der Waals surface area contributed by atoms with E-state index in [1.165, 1.54) is 6.07 Å². The van der Waals surface area contributed by atoms with Crippen LogP contribution in [0.25, 0.3) is 0 Å². The second-order valence-corrected chi connectivity index (χ2v) is 5.48. The summed E-state index contributed by atoms with van der Waals surface area (Å²) >= 11 is 0. The van der Waals surface area contributed by atoms with Crippen LogP contribution in [0.15, 0.2) is 60.7 Å². The topological polar surface area (TPSA) is 139 Å². The molecule has 2 aromatic carbocycles. The van der Waals surface area contributed by atoms with Crippen molar-refractivity contribution >= 4 is 23.1 Å².